The molecule has 2 rings (SSSR count). The van der Waals surface area contributed by atoms with Gasteiger partial charge in [0.15, 0.2) is 0 Å². The molecule has 0 aliphatic heterocycles. The summed E-state index contributed by atoms with van der Waals surface area (Å²) in [5.74, 6) is 2.54. The van der Waals surface area contributed by atoms with Crippen LogP contribution in [0.4, 0.5) is 0 Å². The van der Waals surface area contributed by atoms with Crippen molar-refractivity contribution >= 4 is 0 Å². The third-order valence-electron chi connectivity index (χ3n) is 3.52. The first kappa shape index (κ1) is 13.1. The second-order valence-electron chi connectivity index (χ2n) is 5.54. The van der Waals surface area contributed by atoms with Crippen LogP contribution >= 0.6 is 0 Å². The highest BCUT2D eigenvalue weighted by Crippen LogP contribution is 2.30. The van der Waals surface area contributed by atoms with Gasteiger partial charge in [0.25, 0.3) is 5.56 Å². The van der Waals surface area contributed by atoms with Gasteiger partial charge in [0.2, 0.25) is 5.88 Å². The lowest BCUT2D eigenvalue weighted by Gasteiger charge is -2.31. The van der Waals surface area contributed by atoms with E-state index in [0.717, 1.165) is 12.8 Å². The molecule has 1 saturated carbocycles. The van der Waals surface area contributed by atoms with Crippen LogP contribution in [-0.2, 0) is 6.42 Å². The fraction of sp³-hybridized carbons (Fsp3) is 0.714. The normalized spacial score (nSPS) is 28.1. The summed E-state index contributed by atoms with van der Waals surface area (Å²) in [6, 6.07) is 1.45. The van der Waals surface area contributed by atoms with Crippen molar-refractivity contribution in [3.8, 4) is 5.88 Å². The summed E-state index contributed by atoms with van der Waals surface area (Å²) in [4.78, 5) is 18.5. The fourth-order valence-corrected chi connectivity index (χ4v) is 2.85. The second-order valence-corrected chi connectivity index (χ2v) is 5.54. The van der Waals surface area contributed by atoms with Crippen LogP contribution in [0.5, 0.6) is 5.88 Å². The largest absolute Gasteiger partial charge is 0.474 e. The third kappa shape index (κ3) is 3.34. The molecule has 1 heterocycles. The van der Waals surface area contributed by atoms with Crippen LogP contribution in [0.2, 0.25) is 0 Å². The first-order chi connectivity index (χ1) is 8.56. The molecular formula is C14H22N2O2. The molecule has 4 nitrogen and oxygen atoms in total. The number of aryl methyl sites for hydroxylation is 1. The maximum absolute atomic E-state index is 11.5. The minimum atomic E-state index is -0.131. The molecule has 0 radical (unpaired) electrons. The van der Waals surface area contributed by atoms with E-state index in [2.05, 4.69) is 23.8 Å². The summed E-state index contributed by atoms with van der Waals surface area (Å²) in [7, 11) is 0. The lowest BCUT2D eigenvalue weighted by atomic mass is 9.82. The van der Waals surface area contributed by atoms with Crippen molar-refractivity contribution in [3.05, 3.63) is 22.2 Å². The first-order valence-corrected chi connectivity index (χ1v) is 6.83. The van der Waals surface area contributed by atoms with E-state index in [4.69, 9.17) is 4.74 Å². The molecule has 0 bridgehead atoms. The van der Waals surface area contributed by atoms with E-state index in [9.17, 15) is 4.79 Å². The molecule has 1 fully saturated rings. The van der Waals surface area contributed by atoms with E-state index >= 15 is 0 Å². The molecule has 4 heteroatoms. The van der Waals surface area contributed by atoms with Gasteiger partial charge in [0.1, 0.15) is 11.9 Å². The van der Waals surface area contributed by atoms with Crippen LogP contribution in [0, 0.1) is 11.8 Å². The van der Waals surface area contributed by atoms with Gasteiger partial charge in [-0.05, 0) is 31.1 Å². The number of ether oxygens (including phenoxy) is 1. The Kier molecular flexibility index (Phi) is 4.04. The Morgan fingerprint density at radius 2 is 2.00 bits per heavy atom. The number of hydrogen-bond acceptors (Lipinski definition) is 3. The zero-order valence-electron chi connectivity index (χ0n) is 11.4. The topological polar surface area (TPSA) is 55.0 Å². The molecule has 1 aliphatic rings. The smallest absolute Gasteiger partial charge is 0.254 e. The van der Waals surface area contributed by atoms with Gasteiger partial charge in [-0.25, -0.2) is 4.98 Å². The summed E-state index contributed by atoms with van der Waals surface area (Å²) in [6.45, 7) is 6.48. The third-order valence-corrected chi connectivity index (χ3v) is 3.52. The Morgan fingerprint density at radius 1 is 1.33 bits per heavy atom. The maximum atomic E-state index is 11.5. The zero-order valence-corrected chi connectivity index (χ0v) is 11.4. The van der Waals surface area contributed by atoms with Gasteiger partial charge in [-0.2, -0.15) is 0 Å². The van der Waals surface area contributed by atoms with Crippen LogP contribution in [0.15, 0.2) is 10.9 Å². The van der Waals surface area contributed by atoms with Crippen molar-refractivity contribution in [1.82, 2.24) is 9.97 Å². The van der Waals surface area contributed by atoms with Crippen molar-refractivity contribution in [2.24, 2.45) is 11.8 Å². The molecule has 1 aromatic heterocycles. The molecule has 0 aromatic carbocycles. The van der Waals surface area contributed by atoms with E-state index in [1.54, 1.807) is 0 Å². The molecule has 1 aliphatic carbocycles. The second kappa shape index (κ2) is 5.55. The molecule has 2 atom stereocenters. The number of rotatable bonds is 3. The van der Waals surface area contributed by atoms with Crippen LogP contribution < -0.4 is 10.3 Å². The number of hydrogen-bond donors (Lipinski definition) is 1. The van der Waals surface area contributed by atoms with Crippen LogP contribution in [0.25, 0.3) is 0 Å². The fourth-order valence-electron chi connectivity index (χ4n) is 2.85. The van der Waals surface area contributed by atoms with Gasteiger partial charge in [-0.3, -0.25) is 4.79 Å². The Balaban J connectivity index is 2.08. The lowest BCUT2D eigenvalue weighted by Crippen LogP contribution is -2.29. The molecule has 0 saturated heterocycles. The van der Waals surface area contributed by atoms with Gasteiger partial charge in [-0.1, -0.05) is 20.8 Å². The average molecular weight is 250 g/mol. The van der Waals surface area contributed by atoms with E-state index in [0.29, 0.717) is 30.0 Å². The van der Waals surface area contributed by atoms with Crippen molar-refractivity contribution < 1.29 is 4.74 Å². The zero-order chi connectivity index (χ0) is 13.1. The monoisotopic (exact) mass is 250 g/mol. The highest BCUT2D eigenvalue weighted by Gasteiger charge is 2.25. The highest BCUT2D eigenvalue weighted by atomic mass is 16.5. The Bertz CT molecular complexity index is 445. The minimum absolute atomic E-state index is 0.131. The van der Waals surface area contributed by atoms with Gasteiger partial charge in [0.05, 0.1) is 6.07 Å². The molecular weight excluding hydrogens is 228 g/mol. The van der Waals surface area contributed by atoms with Crippen LogP contribution in [-0.4, -0.2) is 16.1 Å². The molecule has 18 heavy (non-hydrogen) atoms. The van der Waals surface area contributed by atoms with E-state index in [1.165, 1.54) is 12.5 Å². The van der Waals surface area contributed by atoms with E-state index in [-0.39, 0.29) is 11.7 Å². The van der Waals surface area contributed by atoms with Crippen LogP contribution in [0.1, 0.15) is 45.9 Å². The van der Waals surface area contributed by atoms with Gasteiger partial charge >= 0.3 is 0 Å². The van der Waals surface area contributed by atoms with E-state index in [1.807, 2.05) is 6.92 Å². The number of nitrogens with zero attached hydrogens (tertiary/aromatic N) is 1. The number of H-pyrrole nitrogens is 1. The Morgan fingerprint density at radius 3 is 2.61 bits per heavy atom. The summed E-state index contributed by atoms with van der Waals surface area (Å²) in [5, 5.41) is 0. The van der Waals surface area contributed by atoms with Gasteiger partial charge < -0.3 is 9.72 Å². The summed E-state index contributed by atoms with van der Waals surface area (Å²) < 4.78 is 5.89. The predicted octanol–water partition coefficient (Wildman–Crippen LogP) is 2.54. The Labute approximate surface area is 108 Å². The van der Waals surface area contributed by atoms with Crippen molar-refractivity contribution in [2.75, 3.05) is 0 Å². The first-order valence-electron chi connectivity index (χ1n) is 6.83. The SMILES string of the molecule is CCc1nc(OC2CC(C)CC(C)C2)cc(=O)[nH]1. The van der Waals surface area contributed by atoms with Crippen LogP contribution in [0.3, 0.4) is 0 Å². The van der Waals surface area contributed by atoms with Gasteiger partial charge in [0, 0.05) is 6.42 Å². The van der Waals surface area contributed by atoms with Crippen molar-refractivity contribution in [1.29, 1.82) is 0 Å². The van der Waals surface area contributed by atoms with E-state index < -0.39 is 0 Å². The molecule has 0 spiro atoms. The van der Waals surface area contributed by atoms with Crippen molar-refractivity contribution in [2.45, 2.75) is 52.6 Å². The number of nitrogens with one attached hydrogen (secondary N) is 1. The standard InChI is InChI=1S/C14H22N2O2/c1-4-12-15-13(17)8-14(16-12)18-11-6-9(2)5-10(3)7-11/h8-11H,4-7H2,1-3H3,(H,15,16,17). The highest BCUT2D eigenvalue weighted by molar-refractivity contribution is 5.09. The molecule has 1 N–H and O–H groups in total. The predicted molar refractivity (Wildman–Crippen MR) is 70.8 cm³/mol. The summed E-state index contributed by atoms with van der Waals surface area (Å²) in [6.07, 6.45) is 4.29. The average Bonchev–Trinajstić information content (AvgIpc) is 2.26. The summed E-state index contributed by atoms with van der Waals surface area (Å²) in [5.41, 5.74) is -0.131. The molecule has 2 unspecified atom stereocenters. The Hall–Kier alpha value is -1.32. The molecule has 0 amide bonds. The van der Waals surface area contributed by atoms with Crippen molar-refractivity contribution in [3.63, 3.8) is 0 Å². The quantitative estimate of drug-likeness (QED) is 0.897. The molecule has 100 valence electrons. The summed E-state index contributed by atoms with van der Waals surface area (Å²) >= 11 is 0. The van der Waals surface area contributed by atoms with Gasteiger partial charge in [-0.15, -0.1) is 0 Å². The lowest BCUT2D eigenvalue weighted by molar-refractivity contribution is 0.0962. The number of aromatic amines is 1. The maximum Gasteiger partial charge on any atom is 0.254 e. The minimum Gasteiger partial charge on any atom is -0.474 e. The molecule has 1 aromatic rings. The number of aromatic nitrogens is 2.